The van der Waals surface area contributed by atoms with Crippen LogP contribution in [-0.2, 0) is 9.59 Å². The monoisotopic (exact) mass is 271 g/mol. The molecular weight excluding hydrogens is 250 g/mol. The number of primary amides is 1. The topological polar surface area (TPSA) is 113 Å². The molecule has 7 heteroatoms. The normalized spacial score (nSPS) is 22.9. The van der Waals surface area contributed by atoms with Gasteiger partial charge in [0.1, 0.15) is 0 Å². The maximum absolute atomic E-state index is 11.9. The molecule has 1 unspecified atom stereocenters. The van der Waals surface area contributed by atoms with E-state index in [1.165, 1.54) is 4.90 Å². The third kappa shape index (κ3) is 3.84. The SMILES string of the molecule is CCC1(C(=O)O)CCCN(C(=O)NCCC(N)=O)C1. The number of carbonyl (C=O) groups is 3. The van der Waals surface area contributed by atoms with E-state index in [-0.39, 0.29) is 25.5 Å². The number of carboxylic acid groups (broad SMARTS) is 1. The molecule has 0 saturated carbocycles. The average molecular weight is 271 g/mol. The second kappa shape index (κ2) is 6.40. The van der Waals surface area contributed by atoms with Gasteiger partial charge in [-0.25, -0.2) is 4.79 Å². The Morgan fingerprint density at radius 1 is 1.42 bits per heavy atom. The minimum absolute atomic E-state index is 0.0808. The first kappa shape index (κ1) is 15.3. The van der Waals surface area contributed by atoms with Gasteiger partial charge in [-0.1, -0.05) is 6.92 Å². The lowest BCUT2D eigenvalue weighted by atomic mass is 9.78. The number of hydrogen-bond acceptors (Lipinski definition) is 3. The Morgan fingerprint density at radius 3 is 2.63 bits per heavy atom. The van der Waals surface area contributed by atoms with Crippen LogP contribution < -0.4 is 11.1 Å². The van der Waals surface area contributed by atoms with Gasteiger partial charge in [-0.3, -0.25) is 9.59 Å². The first-order valence-electron chi connectivity index (χ1n) is 6.46. The van der Waals surface area contributed by atoms with E-state index < -0.39 is 17.3 Å². The maximum Gasteiger partial charge on any atom is 0.317 e. The van der Waals surface area contributed by atoms with Gasteiger partial charge in [0.05, 0.1) is 5.41 Å². The van der Waals surface area contributed by atoms with Crippen molar-refractivity contribution in [3.05, 3.63) is 0 Å². The van der Waals surface area contributed by atoms with Crippen molar-refractivity contribution in [1.82, 2.24) is 10.2 Å². The zero-order chi connectivity index (χ0) is 14.5. The van der Waals surface area contributed by atoms with Gasteiger partial charge in [0.25, 0.3) is 0 Å². The minimum Gasteiger partial charge on any atom is -0.481 e. The molecule has 1 rings (SSSR count). The van der Waals surface area contributed by atoms with Crippen molar-refractivity contribution in [1.29, 1.82) is 0 Å². The number of aliphatic carboxylic acids is 1. The van der Waals surface area contributed by atoms with Crippen molar-refractivity contribution in [2.45, 2.75) is 32.6 Å². The molecule has 0 aromatic rings. The number of hydrogen-bond donors (Lipinski definition) is 3. The molecule has 1 atom stereocenters. The molecule has 4 N–H and O–H groups in total. The van der Waals surface area contributed by atoms with E-state index in [1.54, 1.807) is 0 Å². The summed E-state index contributed by atoms with van der Waals surface area (Å²) in [5.41, 5.74) is 4.13. The molecule has 19 heavy (non-hydrogen) atoms. The fourth-order valence-corrected chi connectivity index (χ4v) is 2.32. The predicted octanol–water partition coefficient (Wildman–Crippen LogP) is 0.148. The highest BCUT2D eigenvalue weighted by molar-refractivity contribution is 5.79. The standard InChI is InChI=1S/C12H21N3O4/c1-2-12(10(17)18)5-3-7-15(8-12)11(19)14-6-4-9(13)16/h2-8H2,1H3,(H2,13,16)(H,14,19)(H,17,18). The fraction of sp³-hybridized carbons (Fsp3) is 0.750. The molecule has 1 heterocycles. The quantitative estimate of drug-likeness (QED) is 0.660. The Bertz CT molecular complexity index is 372. The van der Waals surface area contributed by atoms with Crippen molar-refractivity contribution in [3.63, 3.8) is 0 Å². The van der Waals surface area contributed by atoms with E-state index in [0.29, 0.717) is 25.8 Å². The van der Waals surface area contributed by atoms with Gasteiger partial charge < -0.3 is 21.1 Å². The molecule has 0 radical (unpaired) electrons. The number of likely N-dealkylation sites (tertiary alicyclic amines) is 1. The molecule has 7 nitrogen and oxygen atoms in total. The van der Waals surface area contributed by atoms with Gasteiger partial charge in [-0.15, -0.1) is 0 Å². The number of urea groups is 1. The Kier molecular flexibility index (Phi) is 5.14. The number of nitrogens with zero attached hydrogens (tertiary/aromatic N) is 1. The van der Waals surface area contributed by atoms with Crippen molar-refractivity contribution >= 4 is 17.9 Å². The highest BCUT2D eigenvalue weighted by atomic mass is 16.4. The number of rotatable bonds is 5. The first-order chi connectivity index (χ1) is 8.91. The summed E-state index contributed by atoms with van der Waals surface area (Å²) in [6.45, 7) is 2.75. The smallest absolute Gasteiger partial charge is 0.317 e. The number of carboxylic acids is 1. The number of carbonyl (C=O) groups excluding carboxylic acids is 2. The molecule has 1 fully saturated rings. The van der Waals surface area contributed by atoms with E-state index in [0.717, 1.165) is 0 Å². The van der Waals surface area contributed by atoms with E-state index in [1.807, 2.05) is 6.92 Å². The van der Waals surface area contributed by atoms with Gasteiger partial charge >= 0.3 is 12.0 Å². The summed E-state index contributed by atoms with van der Waals surface area (Å²) in [7, 11) is 0. The number of nitrogens with two attached hydrogens (primary N) is 1. The minimum atomic E-state index is -0.857. The highest BCUT2D eigenvalue weighted by Gasteiger charge is 2.42. The van der Waals surface area contributed by atoms with Crippen LogP contribution in [0.15, 0.2) is 0 Å². The van der Waals surface area contributed by atoms with Crippen molar-refractivity contribution in [3.8, 4) is 0 Å². The van der Waals surface area contributed by atoms with Gasteiger partial charge in [0.15, 0.2) is 0 Å². The Balaban J connectivity index is 2.56. The Labute approximate surface area is 112 Å². The summed E-state index contributed by atoms with van der Waals surface area (Å²) in [5.74, 6) is -1.34. The molecule has 1 aliphatic rings. The zero-order valence-corrected chi connectivity index (χ0v) is 11.1. The summed E-state index contributed by atoms with van der Waals surface area (Å²) in [5, 5.41) is 11.9. The van der Waals surface area contributed by atoms with Crippen LogP contribution >= 0.6 is 0 Å². The maximum atomic E-state index is 11.9. The summed E-state index contributed by atoms with van der Waals surface area (Å²) in [6, 6.07) is -0.333. The van der Waals surface area contributed by atoms with Crippen molar-refractivity contribution in [2.24, 2.45) is 11.1 Å². The van der Waals surface area contributed by atoms with Crippen LogP contribution in [0.4, 0.5) is 4.79 Å². The first-order valence-corrected chi connectivity index (χ1v) is 6.46. The van der Waals surface area contributed by atoms with Crippen LogP contribution in [0.3, 0.4) is 0 Å². The van der Waals surface area contributed by atoms with E-state index in [2.05, 4.69) is 5.32 Å². The molecule has 1 aliphatic heterocycles. The number of amides is 3. The highest BCUT2D eigenvalue weighted by Crippen LogP contribution is 2.33. The molecule has 108 valence electrons. The van der Waals surface area contributed by atoms with Crippen molar-refractivity contribution < 1.29 is 19.5 Å². The summed E-state index contributed by atoms with van der Waals surface area (Å²) < 4.78 is 0. The molecule has 0 aliphatic carbocycles. The third-order valence-corrected chi connectivity index (χ3v) is 3.64. The van der Waals surface area contributed by atoms with Crippen LogP contribution in [0.1, 0.15) is 32.6 Å². The summed E-state index contributed by atoms with van der Waals surface area (Å²) in [6.07, 6.45) is 1.83. The molecule has 0 aromatic heterocycles. The fourth-order valence-electron chi connectivity index (χ4n) is 2.32. The average Bonchev–Trinajstić information content (AvgIpc) is 2.38. The molecule has 1 saturated heterocycles. The zero-order valence-electron chi connectivity index (χ0n) is 11.1. The van der Waals surface area contributed by atoms with Gasteiger partial charge in [-0.2, -0.15) is 0 Å². The summed E-state index contributed by atoms with van der Waals surface area (Å²) in [4.78, 5) is 35.3. The second-order valence-corrected chi connectivity index (χ2v) is 4.91. The van der Waals surface area contributed by atoms with Gasteiger partial charge in [0, 0.05) is 26.1 Å². The van der Waals surface area contributed by atoms with Crippen LogP contribution in [0, 0.1) is 5.41 Å². The number of piperidine rings is 1. The molecule has 0 spiro atoms. The van der Waals surface area contributed by atoms with Gasteiger partial charge in [0.2, 0.25) is 5.91 Å². The number of nitrogens with one attached hydrogen (secondary N) is 1. The Hall–Kier alpha value is -1.79. The van der Waals surface area contributed by atoms with E-state index >= 15 is 0 Å². The largest absolute Gasteiger partial charge is 0.481 e. The van der Waals surface area contributed by atoms with Crippen molar-refractivity contribution in [2.75, 3.05) is 19.6 Å². The van der Waals surface area contributed by atoms with Gasteiger partial charge in [-0.05, 0) is 19.3 Å². The lowest BCUT2D eigenvalue weighted by Crippen LogP contribution is -2.52. The lowest BCUT2D eigenvalue weighted by Gasteiger charge is -2.39. The van der Waals surface area contributed by atoms with Crippen LogP contribution in [0.5, 0.6) is 0 Å². The molecule has 3 amide bonds. The van der Waals surface area contributed by atoms with E-state index in [4.69, 9.17) is 5.73 Å². The van der Waals surface area contributed by atoms with E-state index in [9.17, 15) is 19.5 Å². The van der Waals surface area contributed by atoms with Crippen LogP contribution in [-0.4, -0.2) is 47.5 Å². The Morgan fingerprint density at radius 2 is 2.11 bits per heavy atom. The molecule has 0 bridgehead atoms. The second-order valence-electron chi connectivity index (χ2n) is 4.91. The van der Waals surface area contributed by atoms with Crippen LogP contribution in [0.25, 0.3) is 0 Å². The molecule has 0 aromatic carbocycles. The lowest BCUT2D eigenvalue weighted by molar-refractivity contribution is -0.152. The third-order valence-electron chi connectivity index (χ3n) is 3.64. The molecular formula is C12H21N3O4. The predicted molar refractivity (Wildman–Crippen MR) is 68.4 cm³/mol. The van der Waals surface area contributed by atoms with Crippen LogP contribution in [0.2, 0.25) is 0 Å². The summed E-state index contributed by atoms with van der Waals surface area (Å²) >= 11 is 0.